The summed E-state index contributed by atoms with van der Waals surface area (Å²) in [6.07, 6.45) is 1.67. The number of nitro groups is 1. The van der Waals surface area contributed by atoms with Gasteiger partial charge in [-0.25, -0.2) is 0 Å². The van der Waals surface area contributed by atoms with Crippen molar-refractivity contribution in [3.8, 4) is 5.75 Å². The number of amides is 2. The number of carbonyl (C=O) groups excluding carboxylic acids is 2. The molecule has 152 valence electrons. The van der Waals surface area contributed by atoms with E-state index in [2.05, 4.69) is 5.32 Å². The zero-order valence-electron chi connectivity index (χ0n) is 16.0. The summed E-state index contributed by atoms with van der Waals surface area (Å²) in [4.78, 5) is 36.7. The van der Waals surface area contributed by atoms with Crippen LogP contribution in [0.4, 0.5) is 11.4 Å². The lowest BCUT2D eigenvalue weighted by atomic mass is 10.1. The number of likely N-dealkylation sites (tertiary alicyclic amines) is 1. The highest BCUT2D eigenvalue weighted by Crippen LogP contribution is 2.28. The van der Waals surface area contributed by atoms with Crippen LogP contribution in [0.2, 0.25) is 0 Å². The van der Waals surface area contributed by atoms with Gasteiger partial charge in [0, 0.05) is 23.9 Å². The number of nitrogens with two attached hydrogens (primary N) is 1. The maximum absolute atomic E-state index is 12.5. The first-order chi connectivity index (χ1) is 13.9. The highest BCUT2D eigenvalue weighted by molar-refractivity contribution is 6.04. The lowest BCUT2D eigenvalue weighted by Gasteiger charge is -2.22. The molecular formula is C20H22N4O5. The predicted octanol–water partition coefficient (Wildman–Crippen LogP) is 2.31. The quantitative estimate of drug-likeness (QED) is 0.544. The highest BCUT2D eigenvalue weighted by atomic mass is 16.6. The first-order valence-corrected chi connectivity index (χ1v) is 9.15. The molecule has 1 unspecified atom stereocenters. The highest BCUT2D eigenvalue weighted by Gasteiger charge is 2.28. The Labute approximate surface area is 167 Å². The van der Waals surface area contributed by atoms with Crippen LogP contribution in [0.3, 0.4) is 0 Å². The third-order valence-corrected chi connectivity index (χ3v) is 4.90. The summed E-state index contributed by atoms with van der Waals surface area (Å²) >= 11 is 0. The van der Waals surface area contributed by atoms with Crippen LogP contribution in [-0.2, 0) is 11.3 Å². The van der Waals surface area contributed by atoms with Gasteiger partial charge in [-0.15, -0.1) is 0 Å². The zero-order chi connectivity index (χ0) is 21.0. The van der Waals surface area contributed by atoms with Crippen LogP contribution in [-0.4, -0.2) is 41.3 Å². The number of anilines is 1. The van der Waals surface area contributed by atoms with E-state index in [-0.39, 0.29) is 28.9 Å². The fourth-order valence-corrected chi connectivity index (χ4v) is 3.50. The van der Waals surface area contributed by atoms with Crippen LogP contribution >= 0.6 is 0 Å². The normalized spacial score (nSPS) is 16.4. The maximum Gasteiger partial charge on any atom is 0.311 e. The summed E-state index contributed by atoms with van der Waals surface area (Å²) in [6, 6.07) is 11.0. The summed E-state index contributed by atoms with van der Waals surface area (Å²) < 4.78 is 4.95. The molecule has 9 nitrogen and oxygen atoms in total. The van der Waals surface area contributed by atoms with Gasteiger partial charge in [-0.2, -0.15) is 0 Å². The van der Waals surface area contributed by atoms with Crippen molar-refractivity contribution in [3.05, 3.63) is 63.7 Å². The molecule has 3 N–H and O–H groups in total. The molecule has 9 heteroatoms. The second kappa shape index (κ2) is 8.70. The molecule has 3 rings (SSSR count). The summed E-state index contributed by atoms with van der Waals surface area (Å²) in [6.45, 7) is 1.34. The molecule has 2 aromatic carbocycles. The van der Waals surface area contributed by atoms with Gasteiger partial charge in [0.25, 0.3) is 5.91 Å². The fraction of sp³-hybridized carbons (Fsp3) is 0.300. The molecule has 1 saturated heterocycles. The Balaban J connectivity index is 1.73. The summed E-state index contributed by atoms with van der Waals surface area (Å²) in [7, 11) is 1.33. The Morgan fingerprint density at radius 1 is 1.31 bits per heavy atom. The predicted molar refractivity (Wildman–Crippen MR) is 107 cm³/mol. The van der Waals surface area contributed by atoms with Crippen molar-refractivity contribution in [2.75, 3.05) is 19.0 Å². The van der Waals surface area contributed by atoms with E-state index in [1.807, 2.05) is 17.0 Å². The third kappa shape index (κ3) is 4.69. The summed E-state index contributed by atoms with van der Waals surface area (Å²) in [5.74, 6) is -0.708. The molecule has 1 aliphatic rings. The van der Waals surface area contributed by atoms with E-state index in [4.69, 9.17) is 10.5 Å². The van der Waals surface area contributed by atoms with E-state index in [9.17, 15) is 19.7 Å². The minimum atomic E-state index is -0.596. The molecule has 2 aromatic rings. The number of ether oxygens (including phenoxy) is 1. The van der Waals surface area contributed by atoms with Gasteiger partial charge in [0.2, 0.25) is 5.91 Å². The van der Waals surface area contributed by atoms with Gasteiger partial charge in [-0.05, 0) is 49.2 Å². The molecule has 0 saturated carbocycles. The zero-order valence-corrected chi connectivity index (χ0v) is 16.0. The van der Waals surface area contributed by atoms with E-state index in [0.717, 1.165) is 24.9 Å². The number of hydrogen-bond donors (Lipinski definition) is 2. The van der Waals surface area contributed by atoms with Crippen molar-refractivity contribution in [1.29, 1.82) is 0 Å². The van der Waals surface area contributed by atoms with Gasteiger partial charge in [0.05, 0.1) is 18.1 Å². The lowest BCUT2D eigenvalue weighted by Crippen LogP contribution is -2.39. The van der Waals surface area contributed by atoms with Crippen molar-refractivity contribution < 1.29 is 19.2 Å². The second-order valence-electron chi connectivity index (χ2n) is 6.83. The fourth-order valence-electron chi connectivity index (χ4n) is 3.50. The van der Waals surface area contributed by atoms with E-state index in [1.165, 1.54) is 25.3 Å². The Morgan fingerprint density at radius 2 is 2.10 bits per heavy atom. The largest absolute Gasteiger partial charge is 0.490 e. The SMILES string of the molecule is COc1ccc(C(=O)Nc2cccc(CN3CCCC3C(N)=O)c2)cc1[N+](=O)[O-]. The minimum Gasteiger partial charge on any atom is -0.490 e. The molecule has 29 heavy (non-hydrogen) atoms. The molecule has 1 aliphatic heterocycles. The molecule has 1 fully saturated rings. The van der Waals surface area contributed by atoms with Crippen molar-refractivity contribution in [2.45, 2.75) is 25.4 Å². The van der Waals surface area contributed by atoms with Crippen LogP contribution in [0.25, 0.3) is 0 Å². The smallest absolute Gasteiger partial charge is 0.311 e. The molecule has 1 atom stereocenters. The third-order valence-electron chi connectivity index (χ3n) is 4.90. The van der Waals surface area contributed by atoms with Crippen molar-refractivity contribution in [1.82, 2.24) is 4.90 Å². The van der Waals surface area contributed by atoms with Gasteiger partial charge < -0.3 is 15.8 Å². The Bertz CT molecular complexity index is 946. The van der Waals surface area contributed by atoms with Crippen molar-refractivity contribution in [2.24, 2.45) is 5.73 Å². The van der Waals surface area contributed by atoms with Crippen molar-refractivity contribution >= 4 is 23.2 Å². The molecule has 0 aliphatic carbocycles. The van der Waals surface area contributed by atoms with Crippen molar-refractivity contribution in [3.63, 3.8) is 0 Å². The van der Waals surface area contributed by atoms with Crippen LogP contribution < -0.4 is 15.8 Å². The standard InChI is InChI=1S/C20H22N4O5/c1-29-18-8-7-14(11-17(18)24(27)28)20(26)22-15-5-2-4-13(10-15)12-23-9-3-6-16(23)19(21)25/h2,4-5,7-8,10-11,16H,3,6,9,12H2,1H3,(H2,21,25)(H,22,26). The number of primary amides is 1. The van der Waals surface area contributed by atoms with Crippen LogP contribution in [0.15, 0.2) is 42.5 Å². The summed E-state index contributed by atoms with van der Waals surface area (Å²) in [5.41, 5.74) is 6.82. The van der Waals surface area contributed by atoms with E-state index < -0.39 is 10.8 Å². The van der Waals surface area contributed by atoms with Crippen LogP contribution in [0, 0.1) is 10.1 Å². The number of carbonyl (C=O) groups is 2. The first kappa shape index (κ1) is 20.3. The number of benzene rings is 2. The van der Waals surface area contributed by atoms with E-state index in [0.29, 0.717) is 12.2 Å². The van der Waals surface area contributed by atoms with Gasteiger partial charge in [-0.1, -0.05) is 12.1 Å². The number of nitrogens with zero attached hydrogens (tertiary/aromatic N) is 2. The monoisotopic (exact) mass is 398 g/mol. The second-order valence-corrected chi connectivity index (χ2v) is 6.83. The molecule has 0 spiro atoms. The molecule has 1 heterocycles. The maximum atomic E-state index is 12.5. The first-order valence-electron chi connectivity index (χ1n) is 9.15. The molecular weight excluding hydrogens is 376 g/mol. The average Bonchev–Trinajstić information content (AvgIpc) is 3.16. The number of rotatable bonds is 7. The molecule has 2 amide bonds. The van der Waals surface area contributed by atoms with E-state index in [1.54, 1.807) is 12.1 Å². The van der Waals surface area contributed by atoms with Gasteiger partial charge >= 0.3 is 5.69 Å². The number of methoxy groups -OCH3 is 1. The minimum absolute atomic E-state index is 0.0863. The topological polar surface area (TPSA) is 128 Å². The Morgan fingerprint density at radius 3 is 2.79 bits per heavy atom. The van der Waals surface area contributed by atoms with Crippen LogP contribution in [0.5, 0.6) is 5.75 Å². The molecule has 0 bridgehead atoms. The van der Waals surface area contributed by atoms with Gasteiger partial charge in [-0.3, -0.25) is 24.6 Å². The molecule has 0 aromatic heterocycles. The van der Waals surface area contributed by atoms with Gasteiger partial charge in [0.15, 0.2) is 5.75 Å². The van der Waals surface area contributed by atoms with Crippen LogP contribution in [0.1, 0.15) is 28.8 Å². The number of nitro benzene ring substituents is 1. The number of nitrogens with one attached hydrogen (secondary N) is 1. The Kier molecular flexibility index (Phi) is 6.08. The average molecular weight is 398 g/mol. The van der Waals surface area contributed by atoms with E-state index >= 15 is 0 Å². The van der Waals surface area contributed by atoms with Gasteiger partial charge in [0.1, 0.15) is 0 Å². The lowest BCUT2D eigenvalue weighted by molar-refractivity contribution is -0.385. The summed E-state index contributed by atoms with van der Waals surface area (Å²) in [5, 5.41) is 13.9. The molecule has 0 radical (unpaired) electrons. The number of hydrogen-bond acceptors (Lipinski definition) is 6. The Hall–Kier alpha value is -3.46.